The number of carbonyl (C=O) groups is 1. The van der Waals surface area contributed by atoms with Gasteiger partial charge in [-0.1, -0.05) is 18.2 Å². The predicted octanol–water partition coefficient (Wildman–Crippen LogP) is 1.71. The number of hydrogen-bond acceptors (Lipinski definition) is 3. The average Bonchev–Trinajstić information content (AvgIpc) is 2.67. The Labute approximate surface area is 87.2 Å². The summed E-state index contributed by atoms with van der Waals surface area (Å²) in [5.74, 6) is 0. The molecular weight excluding hydrogens is 192 g/mol. The van der Waals surface area contributed by atoms with Gasteiger partial charge in [0.25, 0.3) is 0 Å². The molecule has 0 saturated carbocycles. The normalized spacial score (nSPS) is 10.5. The number of benzene rings is 1. The Balaban J connectivity index is 2.70. The molecule has 0 fully saturated rings. The first-order valence-corrected chi connectivity index (χ1v) is 4.65. The number of hydrogen-bond donors (Lipinski definition) is 1. The summed E-state index contributed by atoms with van der Waals surface area (Å²) < 4.78 is 6.16. The molecule has 1 heterocycles. The minimum absolute atomic E-state index is 0.397. The Morgan fingerprint density at radius 3 is 2.87 bits per heavy atom. The fourth-order valence-corrected chi connectivity index (χ4v) is 1.66. The molecule has 0 spiro atoms. The van der Waals surface area contributed by atoms with Crippen LogP contribution in [0.3, 0.4) is 0 Å². The van der Waals surface area contributed by atoms with Crippen LogP contribution >= 0.6 is 0 Å². The number of nitrogens with two attached hydrogens (primary N) is 1. The zero-order valence-corrected chi connectivity index (χ0v) is 8.43. The number of fused-ring (bicyclic) bond motifs is 1. The number of aromatic nitrogens is 1. The van der Waals surface area contributed by atoms with Gasteiger partial charge in [-0.05, 0) is 11.6 Å². The second kappa shape index (κ2) is 3.74. The van der Waals surface area contributed by atoms with Gasteiger partial charge < -0.3 is 10.5 Å². The second-order valence-electron chi connectivity index (χ2n) is 3.22. The van der Waals surface area contributed by atoms with Crippen molar-refractivity contribution in [2.24, 2.45) is 5.73 Å². The molecule has 0 aliphatic rings. The molecule has 78 valence electrons. The van der Waals surface area contributed by atoms with Crippen LogP contribution in [0.15, 0.2) is 30.5 Å². The van der Waals surface area contributed by atoms with E-state index >= 15 is 0 Å². The standard InChI is InChI=1S/C11H12N2O2/c1-15-11(14)13-7-8(6-12)9-4-2-3-5-10(9)13/h2-5,7H,6,12H2,1H3. The maximum Gasteiger partial charge on any atom is 0.418 e. The third-order valence-corrected chi connectivity index (χ3v) is 2.39. The van der Waals surface area contributed by atoms with Crippen LogP contribution in [0.4, 0.5) is 4.79 Å². The molecule has 0 aliphatic heterocycles. The maximum atomic E-state index is 11.5. The minimum Gasteiger partial charge on any atom is -0.452 e. The number of para-hydroxylation sites is 1. The summed E-state index contributed by atoms with van der Waals surface area (Å²) in [6.07, 6.45) is 1.32. The lowest BCUT2D eigenvalue weighted by atomic mass is 10.2. The average molecular weight is 204 g/mol. The van der Waals surface area contributed by atoms with Gasteiger partial charge in [-0.15, -0.1) is 0 Å². The first kappa shape index (κ1) is 9.73. The molecule has 4 nitrogen and oxygen atoms in total. The van der Waals surface area contributed by atoms with Gasteiger partial charge in [0, 0.05) is 18.1 Å². The Hall–Kier alpha value is -1.81. The molecule has 15 heavy (non-hydrogen) atoms. The summed E-state index contributed by atoms with van der Waals surface area (Å²) in [6, 6.07) is 7.60. The van der Waals surface area contributed by atoms with Crippen molar-refractivity contribution in [1.82, 2.24) is 4.57 Å². The van der Waals surface area contributed by atoms with E-state index in [9.17, 15) is 4.79 Å². The molecule has 0 amide bonds. The van der Waals surface area contributed by atoms with Gasteiger partial charge in [0.2, 0.25) is 0 Å². The summed E-state index contributed by atoms with van der Waals surface area (Å²) in [7, 11) is 1.36. The lowest BCUT2D eigenvalue weighted by molar-refractivity contribution is 0.174. The molecule has 0 unspecified atom stereocenters. The van der Waals surface area contributed by atoms with Crippen molar-refractivity contribution >= 4 is 17.0 Å². The van der Waals surface area contributed by atoms with E-state index in [4.69, 9.17) is 5.73 Å². The van der Waals surface area contributed by atoms with Crippen LogP contribution in [-0.2, 0) is 11.3 Å². The number of nitrogens with zero attached hydrogens (tertiary/aromatic N) is 1. The molecule has 0 atom stereocenters. The zero-order chi connectivity index (χ0) is 10.8. The van der Waals surface area contributed by atoms with Crippen molar-refractivity contribution in [2.75, 3.05) is 7.11 Å². The fraction of sp³-hybridized carbons (Fsp3) is 0.182. The van der Waals surface area contributed by atoms with Gasteiger partial charge in [0.1, 0.15) is 0 Å². The van der Waals surface area contributed by atoms with E-state index in [1.54, 1.807) is 6.20 Å². The van der Waals surface area contributed by atoms with Gasteiger partial charge >= 0.3 is 6.09 Å². The largest absolute Gasteiger partial charge is 0.452 e. The van der Waals surface area contributed by atoms with Crippen LogP contribution in [0.5, 0.6) is 0 Å². The molecule has 0 bridgehead atoms. The summed E-state index contributed by atoms with van der Waals surface area (Å²) in [5, 5.41) is 0.991. The minimum atomic E-state index is -0.397. The van der Waals surface area contributed by atoms with E-state index in [-0.39, 0.29) is 0 Å². The zero-order valence-electron chi connectivity index (χ0n) is 8.43. The van der Waals surface area contributed by atoms with Crippen LogP contribution in [0.2, 0.25) is 0 Å². The number of rotatable bonds is 1. The van der Waals surface area contributed by atoms with Gasteiger partial charge in [0.05, 0.1) is 12.6 Å². The summed E-state index contributed by atoms with van der Waals surface area (Å²) in [6.45, 7) is 0.407. The van der Waals surface area contributed by atoms with Crippen molar-refractivity contribution in [1.29, 1.82) is 0 Å². The molecule has 1 aromatic heterocycles. The lowest BCUT2D eigenvalue weighted by Gasteiger charge is -2.00. The van der Waals surface area contributed by atoms with Gasteiger partial charge in [-0.25, -0.2) is 4.79 Å². The van der Waals surface area contributed by atoms with Crippen LogP contribution in [0.25, 0.3) is 10.9 Å². The Bertz CT molecular complexity index is 502. The first-order chi connectivity index (χ1) is 7.27. The number of methoxy groups -OCH3 is 1. The van der Waals surface area contributed by atoms with Crippen LogP contribution < -0.4 is 5.73 Å². The van der Waals surface area contributed by atoms with E-state index in [0.29, 0.717) is 6.54 Å². The Kier molecular flexibility index (Phi) is 2.43. The second-order valence-corrected chi connectivity index (χ2v) is 3.22. The highest BCUT2D eigenvalue weighted by Crippen LogP contribution is 2.20. The van der Waals surface area contributed by atoms with Crippen molar-refractivity contribution in [3.63, 3.8) is 0 Å². The van der Waals surface area contributed by atoms with Crippen molar-refractivity contribution in [3.8, 4) is 0 Å². The van der Waals surface area contributed by atoms with E-state index in [1.165, 1.54) is 11.7 Å². The number of carbonyl (C=O) groups excluding carboxylic acids is 1. The fourth-order valence-electron chi connectivity index (χ4n) is 1.66. The Morgan fingerprint density at radius 2 is 2.20 bits per heavy atom. The smallest absolute Gasteiger partial charge is 0.418 e. The molecule has 0 aliphatic carbocycles. The molecule has 0 saturated heterocycles. The van der Waals surface area contributed by atoms with Crippen molar-refractivity contribution in [3.05, 3.63) is 36.0 Å². The third-order valence-electron chi connectivity index (χ3n) is 2.39. The van der Waals surface area contributed by atoms with E-state index in [2.05, 4.69) is 4.74 Å². The Morgan fingerprint density at radius 1 is 1.47 bits per heavy atom. The molecular formula is C11H12N2O2. The highest BCUT2D eigenvalue weighted by Gasteiger charge is 2.11. The van der Waals surface area contributed by atoms with E-state index in [1.807, 2.05) is 24.3 Å². The summed E-state index contributed by atoms with van der Waals surface area (Å²) in [4.78, 5) is 11.5. The van der Waals surface area contributed by atoms with E-state index in [0.717, 1.165) is 16.5 Å². The highest BCUT2D eigenvalue weighted by molar-refractivity contribution is 5.91. The third kappa shape index (κ3) is 1.49. The van der Waals surface area contributed by atoms with Gasteiger partial charge in [-0.2, -0.15) is 0 Å². The predicted molar refractivity (Wildman–Crippen MR) is 57.6 cm³/mol. The van der Waals surface area contributed by atoms with Crippen LogP contribution in [0, 0.1) is 0 Å². The molecule has 2 rings (SSSR count). The van der Waals surface area contributed by atoms with Gasteiger partial charge in [-0.3, -0.25) is 4.57 Å². The monoisotopic (exact) mass is 204 g/mol. The number of ether oxygens (including phenoxy) is 1. The van der Waals surface area contributed by atoms with Crippen molar-refractivity contribution < 1.29 is 9.53 Å². The maximum absolute atomic E-state index is 11.5. The van der Waals surface area contributed by atoms with Crippen molar-refractivity contribution in [2.45, 2.75) is 6.54 Å². The lowest BCUT2D eigenvalue weighted by Crippen LogP contribution is -2.09. The molecule has 4 heteroatoms. The van der Waals surface area contributed by atoms with Gasteiger partial charge in [0.15, 0.2) is 0 Å². The highest BCUT2D eigenvalue weighted by atomic mass is 16.5. The molecule has 2 aromatic rings. The molecule has 1 aromatic carbocycles. The SMILES string of the molecule is COC(=O)n1cc(CN)c2ccccc21. The van der Waals surface area contributed by atoms with Crippen LogP contribution in [0.1, 0.15) is 5.56 Å². The topological polar surface area (TPSA) is 57.2 Å². The summed E-state index contributed by atoms with van der Waals surface area (Å²) in [5.41, 5.74) is 7.37. The quantitative estimate of drug-likeness (QED) is 0.769. The molecule has 0 radical (unpaired) electrons. The summed E-state index contributed by atoms with van der Waals surface area (Å²) >= 11 is 0. The van der Waals surface area contributed by atoms with Crippen LogP contribution in [-0.4, -0.2) is 17.8 Å². The van der Waals surface area contributed by atoms with E-state index < -0.39 is 6.09 Å². The molecule has 2 N–H and O–H groups in total. The first-order valence-electron chi connectivity index (χ1n) is 4.65.